The second-order valence-electron chi connectivity index (χ2n) is 8.25. The fourth-order valence-corrected chi connectivity index (χ4v) is 4.04. The van der Waals surface area contributed by atoms with E-state index in [1.165, 1.54) is 5.56 Å². The number of halogens is 1. The lowest BCUT2D eigenvalue weighted by atomic mass is 10.0. The van der Waals surface area contributed by atoms with Gasteiger partial charge < -0.3 is 15.0 Å². The molecule has 0 spiro atoms. The van der Waals surface area contributed by atoms with E-state index < -0.39 is 5.60 Å². The molecular weight excluding hydrogens is 420 g/mol. The van der Waals surface area contributed by atoms with Gasteiger partial charge in [0.25, 0.3) is 0 Å². The average molecular weight is 449 g/mol. The van der Waals surface area contributed by atoms with Crippen LogP contribution < -0.4 is 5.32 Å². The number of carbonyl (C=O) groups is 1. The number of nitrogens with one attached hydrogen (secondary N) is 1. The van der Waals surface area contributed by atoms with Gasteiger partial charge in [-0.15, -0.1) is 0 Å². The zero-order valence-electron chi connectivity index (χ0n) is 17.1. The minimum absolute atomic E-state index is 0.0819. The van der Waals surface area contributed by atoms with Crippen LogP contribution in [0.25, 0.3) is 10.9 Å². The molecule has 152 valence electrons. The van der Waals surface area contributed by atoms with Crippen molar-refractivity contribution in [2.75, 3.05) is 18.4 Å². The van der Waals surface area contributed by atoms with E-state index in [0.717, 1.165) is 47.6 Å². The third-order valence-electron chi connectivity index (χ3n) is 4.86. The molecule has 1 amide bonds. The van der Waals surface area contributed by atoms with Crippen LogP contribution in [-0.4, -0.2) is 45.7 Å². The molecule has 1 atom stereocenters. The number of rotatable bonds is 4. The summed E-state index contributed by atoms with van der Waals surface area (Å²) in [7, 11) is 0. The normalized spacial score (nSPS) is 17.6. The van der Waals surface area contributed by atoms with Crippen molar-refractivity contribution in [3.05, 3.63) is 28.4 Å². The Morgan fingerprint density at radius 2 is 2.14 bits per heavy atom. The smallest absolute Gasteiger partial charge is 0.410 e. The van der Waals surface area contributed by atoms with Gasteiger partial charge in [0.15, 0.2) is 0 Å². The lowest BCUT2D eigenvalue weighted by molar-refractivity contribution is 0.0114. The molecule has 1 aliphatic heterocycles. The van der Waals surface area contributed by atoms with Gasteiger partial charge in [-0.25, -0.2) is 14.8 Å². The monoisotopic (exact) mass is 448 g/mol. The molecule has 1 aromatic carbocycles. The molecule has 1 aliphatic rings. The maximum Gasteiger partial charge on any atom is 0.410 e. The number of nitrogens with zero attached hydrogens (tertiary/aromatic N) is 3. The van der Waals surface area contributed by atoms with Gasteiger partial charge >= 0.3 is 6.09 Å². The summed E-state index contributed by atoms with van der Waals surface area (Å²) in [5.41, 5.74) is 1.66. The van der Waals surface area contributed by atoms with Gasteiger partial charge in [0, 0.05) is 29.1 Å². The van der Waals surface area contributed by atoms with Gasteiger partial charge in [-0.3, -0.25) is 0 Å². The number of aromatic nitrogens is 2. The van der Waals surface area contributed by atoms with E-state index >= 15 is 0 Å². The molecule has 0 radical (unpaired) electrons. The van der Waals surface area contributed by atoms with Crippen LogP contribution >= 0.6 is 15.9 Å². The van der Waals surface area contributed by atoms with Gasteiger partial charge in [-0.1, -0.05) is 22.9 Å². The summed E-state index contributed by atoms with van der Waals surface area (Å²) in [6.07, 6.45) is 5.58. The number of amides is 1. The number of piperidine rings is 1. The van der Waals surface area contributed by atoms with Crippen LogP contribution in [0.15, 0.2) is 22.8 Å². The minimum Gasteiger partial charge on any atom is -0.444 e. The Morgan fingerprint density at radius 3 is 2.86 bits per heavy atom. The van der Waals surface area contributed by atoms with Gasteiger partial charge in [-0.05, 0) is 64.2 Å². The lowest BCUT2D eigenvalue weighted by Crippen LogP contribution is -2.49. The predicted molar refractivity (Wildman–Crippen MR) is 116 cm³/mol. The summed E-state index contributed by atoms with van der Waals surface area (Å²) in [4.78, 5) is 23.6. The lowest BCUT2D eigenvalue weighted by Gasteiger charge is -2.36. The number of benzene rings is 1. The first-order valence-electron chi connectivity index (χ1n) is 9.95. The molecule has 7 heteroatoms. The number of fused-ring (bicyclic) bond motifs is 1. The zero-order chi connectivity index (χ0) is 20.3. The summed E-state index contributed by atoms with van der Waals surface area (Å²) >= 11 is 3.55. The molecule has 0 aliphatic carbocycles. The summed E-state index contributed by atoms with van der Waals surface area (Å²) in [6.45, 7) is 9.16. The molecular formula is C21H29BrN4O2. The Bertz CT molecular complexity index is 850. The Morgan fingerprint density at radius 1 is 1.36 bits per heavy atom. The topological polar surface area (TPSA) is 67.4 Å². The maximum absolute atomic E-state index is 12.6. The van der Waals surface area contributed by atoms with Gasteiger partial charge in [0.2, 0.25) is 5.95 Å². The number of hydrogen-bond acceptors (Lipinski definition) is 5. The summed E-state index contributed by atoms with van der Waals surface area (Å²) in [6, 6.07) is 4.21. The first-order valence-corrected chi connectivity index (χ1v) is 10.7. The zero-order valence-corrected chi connectivity index (χ0v) is 18.7. The Hall–Kier alpha value is -1.89. The molecule has 0 bridgehead atoms. The van der Waals surface area contributed by atoms with Crippen molar-refractivity contribution in [1.29, 1.82) is 0 Å². The van der Waals surface area contributed by atoms with E-state index in [0.29, 0.717) is 12.5 Å². The van der Waals surface area contributed by atoms with Crippen LogP contribution in [0.5, 0.6) is 0 Å². The highest BCUT2D eigenvalue weighted by Gasteiger charge is 2.30. The predicted octanol–water partition coefficient (Wildman–Crippen LogP) is 5.16. The van der Waals surface area contributed by atoms with Crippen LogP contribution in [0.3, 0.4) is 0 Å². The number of anilines is 1. The van der Waals surface area contributed by atoms with Crippen molar-refractivity contribution in [3.63, 3.8) is 0 Å². The number of ether oxygens (including phenoxy) is 1. The van der Waals surface area contributed by atoms with Crippen molar-refractivity contribution in [2.24, 2.45) is 0 Å². The quantitative estimate of drug-likeness (QED) is 0.699. The van der Waals surface area contributed by atoms with E-state index in [1.54, 1.807) is 0 Å². The molecule has 1 fully saturated rings. The van der Waals surface area contributed by atoms with Crippen LogP contribution in [0.1, 0.15) is 52.5 Å². The van der Waals surface area contributed by atoms with Crippen molar-refractivity contribution < 1.29 is 9.53 Å². The van der Waals surface area contributed by atoms with Crippen molar-refractivity contribution >= 4 is 38.9 Å². The highest BCUT2D eigenvalue weighted by molar-refractivity contribution is 9.10. The first kappa shape index (κ1) is 20.8. The molecule has 0 unspecified atom stereocenters. The molecule has 28 heavy (non-hydrogen) atoms. The van der Waals surface area contributed by atoms with E-state index in [-0.39, 0.29) is 12.1 Å². The number of carbonyl (C=O) groups excluding carboxylic acids is 1. The molecule has 2 aromatic rings. The minimum atomic E-state index is -0.487. The van der Waals surface area contributed by atoms with Crippen molar-refractivity contribution in [3.8, 4) is 0 Å². The highest BCUT2D eigenvalue weighted by atomic mass is 79.9. The molecule has 1 N–H and O–H groups in total. The van der Waals surface area contributed by atoms with Crippen LogP contribution in [-0.2, 0) is 11.2 Å². The number of aryl methyl sites for hydroxylation is 1. The third kappa shape index (κ3) is 5.13. The third-order valence-corrected chi connectivity index (χ3v) is 5.32. The SMILES string of the molecule is CCc1cc(Br)cc2cnc(NC[C@@H]3CCCCN3C(=O)OC(C)(C)C)nc12. The molecule has 1 saturated heterocycles. The molecule has 0 saturated carbocycles. The standard InChI is InChI=1S/C21H29BrN4O2/c1-5-14-10-16(22)11-15-12-23-19(25-18(14)15)24-13-17-8-6-7-9-26(17)20(27)28-21(2,3)4/h10-12,17H,5-9,13H2,1-4H3,(H,23,24,25)/t17-/m0/s1. The van der Waals surface area contributed by atoms with Crippen molar-refractivity contribution in [2.45, 2.75) is 65.0 Å². The molecule has 1 aromatic heterocycles. The fourth-order valence-electron chi connectivity index (χ4n) is 3.52. The second-order valence-corrected chi connectivity index (χ2v) is 9.17. The Balaban J connectivity index is 1.72. The van der Waals surface area contributed by atoms with Gasteiger partial charge in [-0.2, -0.15) is 0 Å². The van der Waals surface area contributed by atoms with Crippen LogP contribution in [0, 0.1) is 0 Å². The van der Waals surface area contributed by atoms with E-state index in [4.69, 9.17) is 9.72 Å². The van der Waals surface area contributed by atoms with Crippen LogP contribution in [0.4, 0.5) is 10.7 Å². The van der Waals surface area contributed by atoms with Crippen molar-refractivity contribution in [1.82, 2.24) is 14.9 Å². The molecule has 3 rings (SSSR count). The highest BCUT2D eigenvalue weighted by Crippen LogP contribution is 2.25. The molecule has 2 heterocycles. The van der Waals surface area contributed by atoms with Gasteiger partial charge in [0.05, 0.1) is 11.6 Å². The van der Waals surface area contributed by atoms with E-state index in [1.807, 2.05) is 37.9 Å². The number of likely N-dealkylation sites (tertiary alicyclic amines) is 1. The Labute approximate surface area is 175 Å². The first-order chi connectivity index (χ1) is 13.3. The maximum atomic E-state index is 12.6. The van der Waals surface area contributed by atoms with E-state index in [9.17, 15) is 4.79 Å². The van der Waals surface area contributed by atoms with Gasteiger partial charge in [0.1, 0.15) is 5.60 Å². The second kappa shape index (κ2) is 8.64. The summed E-state index contributed by atoms with van der Waals surface area (Å²) in [5.74, 6) is 0.597. The van der Waals surface area contributed by atoms with Crippen LogP contribution in [0.2, 0.25) is 0 Å². The number of hydrogen-bond donors (Lipinski definition) is 1. The summed E-state index contributed by atoms with van der Waals surface area (Å²) in [5, 5.41) is 4.36. The van der Waals surface area contributed by atoms with E-state index in [2.05, 4.69) is 39.2 Å². The average Bonchev–Trinajstić information content (AvgIpc) is 2.64. The summed E-state index contributed by atoms with van der Waals surface area (Å²) < 4.78 is 6.62. The Kier molecular flexibility index (Phi) is 6.43. The molecule has 6 nitrogen and oxygen atoms in total. The fraction of sp³-hybridized carbons (Fsp3) is 0.571. The largest absolute Gasteiger partial charge is 0.444 e.